The molecule has 1 aromatic carbocycles. The molecule has 1 heterocycles. The summed E-state index contributed by atoms with van der Waals surface area (Å²) in [6, 6.07) is 7.70. The van der Waals surface area contributed by atoms with Crippen LogP contribution < -0.4 is 5.32 Å². The van der Waals surface area contributed by atoms with Crippen LogP contribution in [0.5, 0.6) is 0 Å². The number of carbonyl (C=O) groups is 1. The van der Waals surface area contributed by atoms with E-state index >= 15 is 0 Å². The molecule has 1 aromatic rings. The van der Waals surface area contributed by atoms with Gasteiger partial charge in [-0.1, -0.05) is 12.1 Å². The quantitative estimate of drug-likeness (QED) is 0.805. The van der Waals surface area contributed by atoms with Crippen molar-refractivity contribution in [2.75, 3.05) is 46.4 Å². The lowest BCUT2D eigenvalue weighted by molar-refractivity contribution is 0.0944. The van der Waals surface area contributed by atoms with Crippen molar-refractivity contribution < 1.29 is 9.90 Å². The fourth-order valence-electron chi connectivity index (χ4n) is 2.30. The third-order valence-corrected chi connectivity index (χ3v) is 3.62. The minimum atomic E-state index is -0.134. The third-order valence-electron chi connectivity index (χ3n) is 3.62. The molecular formula is C15H23N3O2. The summed E-state index contributed by atoms with van der Waals surface area (Å²) in [5.41, 5.74) is 1.87. The molecule has 2 rings (SSSR count). The van der Waals surface area contributed by atoms with Gasteiger partial charge < -0.3 is 15.3 Å². The lowest BCUT2D eigenvalue weighted by Crippen LogP contribution is -2.43. The highest BCUT2D eigenvalue weighted by Crippen LogP contribution is 2.09. The number of piperazine rings is 1. The van der Waals surface area contributed by atoms with E-state index in [2.05, 4.69) is 22.2 Å². The second kappa shape index (κ2) is 7.38. The first-order chi connectivity index (χ1) is 9.69. The highest BCUT2D eigenvalue weighted by molar-refractivity contribution is 5.94. The van der Waals surface area contributed by atoms with Gasteiger partial charge in [0.25, 0.3) is 5.91 Å². The normalized spacial score (nSPS) is 17.1. The zero-order valence-electron chi connectivity index (χ0n) is 12.0. The van der Waals surface area contributed by atoms with E-state index in [0.29, 0.717) is 12.1 Å². The molecule has 20 heavy (non-hydrogen) atoms. The molecule has 0 saturated carbocycles. The average Bonchev–Trinajstić information content (AvgIpc) is 2.48. The van der Waals surface area contributed by atoms with Gasteiger partial charge in [0.15, 0.2) is 0 Å². The van der Waals surface area contributed by atoms with Crippen LogP contribution in [0.1, 0.15) is 15.9 Å². The van der Waals surface area contributed by atoms with Crippen molar-refractivity contribution >= 4 is 5.91 Å². The topological polar surface area (TPSA) is 55.8 Å². The number of hydrogen-bond donors (Lipinski definition) is 2. The molecule has 1 amide bonds. The zero-order valence-corrected chi connectivity index (χ0v) is 12.0. The summed E-state index contributed by atoms with van der Waals surface area (Å²) >= 11 is 0. The highest BCUT2D eigenvalue weighted by atomic mass is 16.3. The summed E-state index contributed by atoms with van der Waals surface area (Å²) in [6.07, 6.45) is 0. The van der Waals surface area contributed by atoms with E-state index < -0.39 is 0 Å². The maximum absolute atomic E-state index is 11.7. The first kappa shape index (κ1) is 15.0. The Hall–Kier alpha value is -1.43. The van der Waals surface area contributed by atoms with Crippen molar-refractivity contribution in [1.82, 2.24) is 15.1 Å². The van der Waals surface area contributed by atoms with E-state index in [1.54, 1.807) is 0 Å². The molecule has 0 atom stereocenters. The molecule has 1 aliphatic rings. The van der Waals surface area contributed by atoms with Crippen molar-refractivity contribution in [2.24, 2.45) is 0 Å². The molecule has 1 saturated heterocycles. The maximum Gasteiger partial charge on any atom is 0.251 e. The minimum Gasteiger partial charge on any atom is -0.395 e. The Morgan fingerprint density at radius 3 is 2.45 bits per heavy atom. The van der Waals surface area contributed by atoms with Gasteiger partial charge in [-0.15, -0.1) is 0 Å². The van der Waals surface area contributed by atoms with Gasteiger partial charge in [0, 0.05) is 44.8 Å². The first-order valence-electron chi connectivity index (χ1n) is 7.08. The van der Waals surface area contributed by atoms with E-state index in [9.17, 15) is 4.79 Å². The van der Waals surface area contributed by atoms with Crippen LogP contribution in [0, 0.1) is 0 Å². The van der Waals surface area contributed by atoms with Crippen molar-refractivity contribution in [3.05, 3.63) is 35.4 Å². The molecular weight excluding hydrogens is 254 g/mol. The lowest BCUT2D eigenvalue weighted by atomic mass is 10.1. The van der Waals surface area contributed by atoms with Crippen LogP contribution in [0.2, 0.25) is 0 Å². The summed E-state index contributed by atoms with van der Waals surface area (Å²) < 4.78 is 0. The standard InChI is InChI=1S/C15H23N3O2/c1-17-7-9-18(10-8-17)12-13-2-4-14(5-3-13)15(20)16-6-11-19/h2-5,19H,6-12H2,1H3,(H,16,20). The lowest BCUT2D eigenvalue weighted by Gasteiger charge is -2.32. The van der Waals surface area contributed by atoms with Crippen molar-refractivity contribution in [1.29, 1.82) is 0 Å². The molecule has 1 aliphatic heterocycles. The van der Waals surface area contributed by atoms with Crippen LogP contribution in [0.15, 0.2) is 24.3 Å². The Bertz CT molecular complexity index is 425. The number of hydrogen-bond acceptors (Lipinski definition) is 4. The molecule has 110 valence electrons. The number of nitrogens with zero attached hydrogens (tertiary/aromatic N) is 2. The number of likely N-dealkylation sites (N-methyl/N-ethyl adjacent to an activating group) is 1. The van der Waals surface area contributed by atoms with Crippen LogP contribution >= 0.6 is 0 Å². The second-order valence-electron chi connectivity index (χ2n) is 5.26. The van der Waals surface area contributed by atoms with Crippen molar-refractivity contribution in [2.45, 2.75) is 6.54 Å². The molecule has 0 aromatic heterocycles. The smallest absolute Gasteiger partial charge is 0.251 e. The van der Waals surface area contributed by atoms with Gasteiger partial charge in [0.05, 0.1) is 6.61 Å². The Balaban J connectivity index is 1.86. The van der Waals surface area contributed by atoms with Gasteiger partial charge in [-0.25, -0.2) is 0 Å². The maximum atomic E-state index is 11.7. The van der Waals surface area contributed by atoms with E-state index in [1.807, 2.05) is 24.3 Å². The molecule has 5 heteroatoms. The summed E-state index contributed by atoms with van der Waals surface area (Å²) in [5, 5.41) is 11.3. The number of nitrogens with one attached hydrogen (secondary N) is 1. The Morgan fingerprint density at radius 1 is 1.20 bits per heavy atom. The predicted octanol–water partition coefficient (Wildman–Crippen LogP) is 0.156. The van der Waals surface area contributed by atoms with Gasteiger partial charge in [-0.3, -0.25) is 9.69 Å². The van der Waals surface area contributed by atoms with E-state index in [0.717, 1.165) is 32.7 Å². The summed E-state index contributed by atoms with van der Waals surface area (Å²) in [5.74, 6) is -0.134. The summed E-state index contributed by atoms with van der Waals surface area (Å²) in [6.45, 7) is 5.61. The fraction of sp³-hybridized carbons (Fsp3) is 0.533. The summed E-state index contributed by atoms with van der Waals surface area (Å²) in [7, 11) is 2.15. The highest BCUT2D eigenvalue weighted by Gasteiger charge is 2.14. The zero-order chi connectivity index (χ0) is 14.4. The fourth-order valence-corrected chi connectivity index (χ4v) is 2.30. The van der Waals surface area contributed by atoms with E-state index in [4.69, 9.17) is 5.11 Å². The van der Waals surface area contributed by atoms with Crippen LogP contribution in [0.25, 0.3) is 0 Å². The van der Waals surface area contributed by atoms with Gasteiger partial charge in [0.2, 0.25) is 0 Å². The number of aliphatic hydroxyl groups excluding tert-OH is 1. The number of benzene rings is 1. The van der Waals surface area contributed by atoms with Crippen LogP contribution in [-0.4, -0.2) is 67.2 Å². The third kappa shape index (κ3) is 4.30. The first-order valence-corrected chi connectivity index (χ1v) is 7.08. The second-order valence-corrected chi connectivity index (χ2v) is 5.26. The Labute approximate surface area is 120 Å². The van der Waals surface area contributed by atoms with E-state index in [-0.39, 0.29) is 12.5 Å². The summed E-state index contributed by atoms with van der Waals surface area (Å²) in [4.78, 5) is 16.5. The number of aliphatic hydroxyl groups is 1. The van der Waals surface area contributed by atoms with Crippen LogP contribution in [0.4, 0.5) is 0 Å². The van der Waals surface area contributed by atoms with Crippen molar-refractivity contribution in [3.63, 3.8) is 0 Å². The average molecular weight is 277 g/mol. The Kier molecular flexibility index (Phi) is 5.52. The number of carbonyl (C=O) groups excluding carboxylic acids is 1. The van der Waals surface area contributed by atoms with Crippen LogP contribution in [-0.2, 0) is 6.54 Å². The van der Waals surface area contributed by atoms with Gasteiger partial charge in [-0.2, -0.15) is 0 Å². The molecule has 0 aliphatic carbocycles. The number of rotatable bonds is 5. The predicted molar refractivity (Wildman–Crippen MR) is 78.6 cm³/mol. The van der Waals surface area contributed by atoms with E-state index in [1.165, 1.54) is 5.56 Å². The number of amides is 1. The molecule has 1 fully saturated rings. The van der Waals surface area contributed by atoms with Gasteiger partial charge in [0.1, 0.15) is 0 Å². The molecule has 2 N–H and O–H groups in total. The minimum absolute atomic E-state index is 0.0345. The van der Waals surface area contributed by atoms with Crippen molar-refractivity contribution in [3.8, 4) is 0 Å². The largest absolute Gasteiger partial charge is 0.395 e. The molecule has 0 radical (unpaired) electrons. The SMILES string of the molecule is CN1CCN(Cc2ccc(C(=O)NCCO)cc2)CC1. The molecule has 0 bridgehead atoms. The van der Waals surface area contributed by atoms with Crippen LogP contribution in [0.3, 0.4) is 0 Å². The molecule has 0 spiro atoms. The van der Waals surface area contributed by atoms with Gasteiger partial charge >= 0.3 is 0 Å². The monoisotopic (exact) mass is 277 g/mol. The Morgan fingerprint density at radius 2 is 1.85 bits per heavy atom. The molecule has 5 nitrogen and oxygen atoms in total. The molecule has 0 unspecified atom stereocenters. The van der Waals surface area contributed by atoms with Gasteiger partial charge in [-0.05, 0) is 24.7 Å².